The molecule has 2 aromatic carbocycles. The minimum atomic E-state index is -0.790. The number of amides is 4. The van der Waals surface area contributed by atoms with Gasteiger partial charge in [0.2, 0.25) is 0 Å². The zero-order valence-corrected chi connectivity index (χ0v) is 18.9. The first-order valence-electron chi connectivity index (χ1n) is 9.36. The van der Waals surface area contributed by atoms with E-state index in [9.17, 15) is 14.4 Å². The van der Waals surface area contributed by atoms with E-state index in [-0.39, 0.29) is 12.2 Å². The highest BCUT2D eigenvalue weighted by molar-refractivity contribution is 9.10. The van der Waals surface area contributed by atoms with Crippen molar-refractivity contribution in [1.82, 2.24) is 5.32 Å². The predicted molar refractivity (Wildman–Crippen MR) is 121 cm³/mol. The number of aryl methyl sites for hydroxylation is 2. The van der Waals surface area contributed by atoms with Crippen molar-refractivity contribution in [3.05, 3.63) is 69.7 Å². The van der Waals surface area contributed by atoms with Crippen LogP contribution in [0, 0.1) is 13.8 Å². The molecule has 2 aromatic rings. The van der Waals surface area contributed by atoms with Crippen LogP contribution in [-0.2, 0) is 9.59 Å². The second kappa shape index (κ2) is 9.18. The molecule has 160 valence electrons. The van der Waals surface area contributed by atoms with Gasteiger partial charge in [-0.1, -0.05) is 18.7 Å². The number of methoxy groups -OCH3 is 1. The predicted octanol–water partition coefficient (Wildman–Crippen LogP) is 4.31. The first-order valence-corrected chi connectivity index (χ1v) is 10.2. The van der Waals surface area contributed by atoms with Gasteiger partial charge in [-0.3, -0.25) is 14.9 Å². The Morgan fingerprint density at radius 1 is 1.13 bits per heavy atom. The molecule has 0 atom stereocenters. The van der Waals surface area contributed by atoms with Crippen LogP contribution < -0.4 is 19.7 Å². The maximum Gasteiger partial charge on any atom is 0.335 e. The Kier molecular flexibility index (Phi) is 6.60. The van der Waals surface area contributed by atoms with Crippen molar-refractivity contribution in [1.29, 1.82) is 0 Å². The van der Waals surface area contributed by atoms with E-state index in [4.69, 9.17) is 9.47 Å². The quantitative estimate of drug-likeness (QED) is 0.375. The molecular formula is C23H21BrN2O5. The van der Waals surface area contributed by atoms with Crippen molar-refractivity contribution in [2.75, 3.05) is 18.6 Å². The van der Waals surface area contributed by atoms with Crippen LogP contribution in [0.1, 0.15) is 16.7 Å². The van der Waals surface area contributed by atoms with Crippen LogP contribution >= 0.6 is 15.9 Å². The molecule has 1 aliphatic heterocycles. The van der Waals surface area contributed by atoms with E-state index in [1.165, 1.54) is 13.2 Å². The highest BCUT2D eigenvalue weighted by Gasteiger charge is 2.37. The highest BCUT2D eigenvalue weighted by atomic mass is 79.9. The third-order valence-electron chi connectivity index (χ3n) is 4.76. The van der Waals surface area contributed by atoms with Crippen LogP contribution in [0.2, 0.25) is 0 Å². The average Bonchev–Trinajstić information content (AvgIpc) is 2.72. The molecule has 4 amide bonds. The minimum Gasteiger partial charge on any atom is -0.493 e. The molecule has 0 spiro atoms. The number of rotatable bonds is 6. The number of nitrogens with zero attached hydrogens (tertiary/aromatic N) is 1. The number of anilines is 1. The number of carbonyl (C=O) groups is 3. The summed E-state index contributed by atoms with van der Waals surface area (Å²) in [5.74, 6) is -0.596. The largest absolute Gasteiger partial charge is 0.493 e. The van der Waals surface area contributed by atoms with Crippen LogP contribution in [0.4, 0.5) is 10.5 Å². The molecule has 7 nitrogen and oxygen atoms in total. The van der Waals surface area contributed by atoms with Gasteiger partial charge in [0.25, 0.3) is 11.8 Å². The van der Waals surface area contributed by atoms with Crippen LogP contribution in [0.3, 0.4) is 0 Å². The summed E-state index contributed by atoms with van der Waals surface area (Å²) in [5.41, 5.74) is 2.67. The Bertz CT molecular complexity index is 1120. The summed E-state index contributed by atoms with van der Waals surface area (Å²) in [6.45, 7) is 7.71. The second-order valence-electron chi connectivity index (χ2n) is 6.86. The zero-order chi connectivity index (χ0) is 22.7. The Morgan fingerprint density at radius 2 is 1.87 bits per heavy atom. The van der Waals surface area contributed by atoms with Gasteiger partial charge in [-0.25, -0.2) is 9.69 Å². The van der Waals surface area contributed by atoms with Gasteiger partial charge in [0.05, 0.1) is 17.3 Å². The number of barbiturate groups is 1. The number of halogens is 1. The number of imide groups is 2. The van der Waals surface area contributed by atoms with E-state index in [0.717, 1.165) is 16.0 Å². The van der Waals surface area contributed by atoms with Gasteiger partial charge in [-0.15, -0.1) is 0 Å². The number of hydrogen-bond donors (Lipinski definition) is 1. The van der Waals surface area contributed by atoms with E-state index >= 15 is 0 Å². The zero-order valence-electron chi connectivity index (χ0n) is 17.3. The van der Waals surface area contributed by atoms with Gasteiger partial charge < -0.3 is 9.47 Å². The Hall–Kier alpha value is -3.39. The molecule has 0 saturated carbocycles. The number of nitrogens with one attached hydrogen (secondary N) is 1. The third kappa shape index (κ3) is 4.54. The second-order valence-corrected chi connectivity index (χ2v) is 7.71. The van der Waals surface area contributed by atoms with Crippen molar-refractivity contribution in [2.24, 2.45) is 0 Å². The summed E-state index contributed by atoms with van der Waals surface area (Å²) in [6.07, 6.45) is 3.01. The Morgan fingerprint density at radius 3 is 2.52 bits per heavy atom. The van der Waals surface area contributed by atoms with Gasteiger partial charge in [-0.2, -0.15) is 0 Å². The van der Waals surface area contributed by atoms with Crippen LogP contribution in [0.15, 0.2) is 53.0 Å². The lowest BCUT2D eigenvalue weighted by atomic mass is 10.0. The number of benzene rings is 2. The topological polar surface area (TPSA) is 84.9 Å². The van der Waals surface area contributed by atoms with Gasteiger partial charge in [0, 0.05) is 0 Å². The van der Waals surface area contributed by atoms with E-state index in [2.05, 4.69) is 27.8 Å². The van der Waals surface area contributed by atoms with Crippen molar-refractivity contribution in [2.45, 2.75) is 13.8 Å². The molecule has 1 aliphatic rings. The summed E-state index contributed by atoms with van der Waals surface area (Å²) < 4.78 is 11.5. The monoisotopic (exact) mass is 484 g/mol. The summed E-state index contributed by atoms with van der Waals surface area (Å²) in [6, 6.07) is 7.74. The minimum absolute atomic E-state index is 0.174. The molecule has 1 saturated heterocycles. The lowest BCUT2D eigenvalue weighted by molar-refractivity contribution is -0.122. The molecule has 1 heterocycles. The van der Waals surface area contributed by atoms with E-state index in [0.29, 0.717) is 27.2 Å². The van der Waals surface area contributed by atoms with E-state index < -0.39 is 17.8 Å². The first-order chi connectivity index (χ1) is 14.8. The van der Waals surface area contributed by atoms with Gasteiger partial charge in [0.15, 0.2) is 11.5 Å². The van der Waals surface area contributed by atoms with Crippen molar-refractivity contribution in [3.8, 4) is 11.5 Å². The average molecular weight is 485 g/mol. The lowest BCUT2D eigenvalue weighted by Crippen LogP contribution is -2.54. The van der Waals surface area contributed by atoms with E-state index in [1.54, 1.807) is 30.3 Å². The van der Waals surface area contributed by atoms with Gasteiger partial charge in [-0.05, 0) is 76.8 Å². The fourth-order valence-electron chi connectivity index (χ4n) is 3.03. The Balaban J connectivity index is 2.02. The molecule has 0 aliphatic carbocycles. The molecule has 0 radical (unpaired) electrons. The van der Waals surface area contributed by atoms with Crippen LogP contribution in [-0.4, -0.2) is 31.6 Å². The molecule has 1 N–H and O–H groups in total. The number of ether oxygens (including phenoxy) is 2. The smallest absolute Gasteiger partial charge is 0.335 e. The number of carbonyl (C=O) groups excluding carboxylic acids is 3. The molecule has 0 unspecified atom stereocenters. The van der Waals surface area contributed by atoms with Crippen molar-refractivity contribution < 1.29 is 23.9 Å². The molecule has 0 aromatic heterocycles. The first kappa shape index (κ1) is 22.3. The fraction of sp³-hybridized carbons (Fsp3) is 0.174. The molecule has 0 bridgehead atoms. The molecular weight excluding hydrogens is 464 g/mol. The standard InChI is InChI=1S/C23H21BrN2O5/c1-5-8-31-20-18(24)11-15(12-19(20)30-4)10-17-21(27)25-23(29)26(22(17)28)16-7-6-13(2)14(3)9-16/h5-7,9-12H,1,8H2,2-4H3,(H,25,27,29). The molecule has 31 heavy (non-hydrogen) atoms. The number of hydrogen-bond acceptors (Lipinski definition) is 5. The molecule has 8 heteroatoms. The van der Waals surface area contributed by atoms with Gasteiger partial charge >= 0.3 is 6.03 Å². The van der Waals surface area contributed by atoms with E-state index in [1.807, 2.05) is 19.9 Å². The molecule has 3 rings (SSSR count). The van der Waals surface area contributed by atoms with Crippen molar-refractivity contribution >= 4 is 45.5 Å². The fourth-order valence-corrected chi connectivity index (χ4v) is 3.60. The summed E-state index contributed by atoms with van der Waals surface area (Å²) in [5, 5.41) is 2.23. The van der Waals surface area contributed by atoms with Crippen molar-refractivity contribution in [3.63, 3.8) is 0 Å². The van der Waals surface area contributed by atoms with Gasteiger partial charge in [0.1, 0.15) is 12.2 Å². The third-order valence-corrected chi connectivity index (χ3v) is 5.35. The maximum absolute atomic E-state index is 13.1. The SMILES string of the molecule is C=CCOc1c(Br)cc(C=C2C(=O)NC(=O)N(c3ccc(C)c(C)c3)C2=O)cc1OC. The summed E-state index contributed by atoms with van der Waals surface area (Å²) >= 11 is 3.42. The Labute approximate surface area is 188 Å². The van der Waals surface area contributed by atoms with Crippen LogP contribution in [0.5, 0.6) is 11.5 Å². The summed E-state index contributed by atoms with van der Waals surface area (Å²) in [4.78, 5) is 38.9. The lowest BCUT2D eigenvalue weighted by Gasteiger charge is -2.27. The number of urea groups is 1. The summed E-state index contributed by atoms with van der Waals surface area (Å²) in [7, 11) is 1.48. The molecule has 1 fully saturated rings. The van der Waals surface area contributed by atoms with Crippen LogP contribution in [0.25, 0.3) is 6.08 Å². The maximum atomic E-state index is 13.1. The highest BCUT2D eigenvalue weighted by Crippen LogP contribution is 2.37. The normalized spacial score (nSPS) is 15.2.